The molecule has 7 atom stereocenters. The first-order valence-corrected chi connectivity index (χ1v) is 17.4. The third-order valence-corrected chi connectivity index (χ3v) is 13.4. The first-order valence-electron chi connectivity index (χ1n) is 15.8. The highest BCUT2D eigenvalue weighted by molar-refractivity contribution is 9.13. The van der Waals surface area contributed by atoms with Gasteiger partial charge in [-0.25, -0.2) is 4.79 Å². The largest absolute Gasteiger partial charge is 0.514 e. The number of fused-ring (bicyclic) bond motifs is 5. The third kappa shape index (κ3) is 6.20. The maximum absolute atomic E-state index is 12.6. The summed E-state index contributed by atoms with van der Waals surface area (Å²) in [6.07, 6.45) is 21.7. The minimum absolute atomic E-state index is 0.0886. The monoisotopic (exact) mass is 662 g/mol. The molecule has 0 aliphatic heterocycles. The standard InChI is InChI=1S/C34H48Br2O3/c1-4-5-6-7-8-9-10-23-12-15-28-27-14-11-24-21-26(17-19-34(24,3)29(27)18-20-33(23,28)2)39-32(37)38-25-13-16-30(35)31(36)22-25/h11,13,16,22-23,26-29H,4-10,12,14-15,17-21H2,1-3H3. The highest BCUT2D eigenvalue weighted by atomic mass is 79.9. The van der Waals surface area contributed by atoms with Crippen LogP contribution in [0.3, 0.4) is 0 Å². The van der Waals surface area contributed by atoms with Gasteiger partial charge in [0.1, 0.15) is 11.9 Å². The van der Waals surface area contributed by atoms with Crippen LogP contribution in [-0.4, -0.2) is 12.3 Å². The van der Waals surface area contributed by atoms with E-state index < -0.39 is 6.16 Å². The van der Waals surface area contributed by atoms with Crippen LogP contribution in [0.2, 0.25) is 0 Å². The van der Waals surface area contributed by atoms with Gasteiger partial charge < -0.3 is 9.47 Å². The van der Waals surface area contributed by atoms with Crippen LogP contribution in [0.25, 0.3) is 0 Å². The Morgan fingerprint density at radius 1 is 0.949 bits per heavy atom. The predicted octanol–water partition coefficient (Wildman–Crippen LogP) is 11.4. The lowest BCUT2D eigenvalue weighted by atomic mass is 9.47. The van der Waals surface area contributed by atoms with E-state index in [1.807, 2.05) is 6.07 Å². The Morgan fingerprint density at radius 2 is 1.74 bits per heavy atom. The van der Waals surface area contributed by atoms with Crippen LogP contribution < -0.4 is 4.74 Å². The molecule has 3 saturated carbocycles. The van der Waals surface area contributed by atoms with E-state index in [1.54, 1.807) is 17.7 Å². The van der Waals surface area contributed by atoms with Crippen molar-refractivity contribution >= 4 is 38.0 Å². The van der Waals surface area contributed by atoms with Crippen molar-refractivity contribution in [2.24, 2.45) is 34.5 Å². The molecule has 0 saturated heterocycles. The molecule has 5 rings (SSSR count). The number of ether oxygens (including phenoxy) is 2. The number of hydrogen-bond acceptors (Lipinski definition) is 3. The Labute approximate surface area is 253 Å². The van der Waals surface area contributed by atoms with E-state index in [4.69, 9.17) is 9.47 Å². The van der Waals surface area contributed by atoms with Crippen molar-refractivity contribution in [2.45, 2.75) is 123 Å². The van der Waals surface area contributed by atoms with Crippen LogP contribution in [0.5, 0.6) is 5.75 Å². The van der Waals surface area contributed by atoms with E-state index in [1.165, 1.54) is 77.0 Å². The fourth-order valence-corrected chi connectivity index (χ4v) is 9.88. The molecular weight excluding hydrogens is 616 g/mol. The van der Waals surface area contributed by atoms with Crippen molar-refractivity contribution in [3.05, 3.63) is 38.8 Å². The van der Waals surface area contributed by atoms with Crippen molar-refractivity contribution in [1.29, 1.82) is 0 Å². The second-order valence-corrected chi connectivity index (χ2v) is 15.3. The average Bonchev–Trinajstić information content (AvgIpc) is 3.24. The SMILES string of the molecule is CCCCCCCCC1CCC2C3CC=C4CC(OC(=O)Oc5ccc(Br)c(Br)c5)CCC4(C)C3CCC12C. The van der Waals surface area contributed by atoms with Gasteiger partial charge in [0.2, 0.25) is 0 Å². The minimum atomic E-state index is -0.595. The molecule has 216 valence electrons. The van der Waals surface area contributed by atoms with Crippen LogP contribution >= 0.6 is 31.9 Å². The van der Waals surface area contributed by atoms with E-state index in [0.29, 0.717) is 11.2 Å². The zero-order chi connectivity index (χ0) is 27.6. The topological polar surface area (TPSA) is 35.5 Å². The van der Waals surface area contributed by atoms with Gasteiger partial charge in [0.15, 0.2) is 0 Å². The molecule has 0 bridgehead atoms. The molecule has 0 heterocycles. The Hall–Kier alpha value is -0.810. The van der Waals surface area contributed by atoms with Gasteiger partial charge in [-0.15, -0.1) is 0 Å². The molecule has 3 nitrogen and oxygen atoms in total. The van der Waals surface area contributed by atoms with E-state index >= 15 is 0 Å². The predicted molar refractivity (Wildman–Crippen MR) is 166 cm³/mol. The van der Waals surface area contributed by atoms with E-state index in [0.717, 1.165) is 51.9 Å². The Kier molecular flexibility index (Phi) is 9.58. The van der Waals surface area contributed by atoms with Crippen LogP contribution in [0, 0.1) is 34.5 Å². The van der Waals surface area contributed by atoms with Gasteiger partial charge in [0.25, 0.3) is 0 Å². The van der Waals surface area contributed by atoms with E-state index in [9.17, 15) is 4.79 Å². The summed E-state index contributed by atoms with van der Waals surface area (Å²) in [5.74, 6) is 3.95. The molecule has 4 aliphatic carbocycles. The Balaban J connectivity index is 1.17. The molecule has 0 radical (unpaired) electrons. The quantitative estimate of drug-likeness (QED) is 0.114. The summed E-state index contributed by atoms with van der Waals surface area (Å²) in [5, 5.41) is 0. The molecule has 3 fully saturated rings. The van der Waals surface area contributed by atoms with Crippen molar-refractivity contribution in [3.8, 4) is 5.75 Å². The highest BCUT2D eigenvalue weighted by Crippen LogP contribution is 2.66. The number of rotatable bonds is 9. The van der Waals surface area contributed by atoms with Crippen molar-refractivity contribution in [1.82, 2.24) is 0 Å². The molecular formula is C34H48Br2O3. The molecule has 4 aliphatic rings. The summed E-state index contributed by atoms with van der Waals surface area (Å²) in [6, 6.07) is 5.42. The number of hydrogen-bond donors (Lipinski definition) is 0. The van der Waals surface area contributed by atoms with Gasteiger partial charge in [-0.3, -0.25) is 0 Å². The number of allylic oxidation sites excluding steroid dienone is 1. The Bertz CT molecular complexity index is 1050. The van der Waals surface area contributed by atoms with Crippen molar-refractivity contribution in [2.75, 3.05) is 0 Å². The lowest BCUT2D eigenvalue weighted by molar-refractivity contribution is -0.0538. The van der Waals surface area contributed by atoms with Crippen LogP contribution in [0.1, 0.15) is 117 Å². The maximum Gasteiger partial charge on any atom is 0.514 e. The molecule has 0 amide bonds. The van der Waals surface area contributed by atoms with Gasteiger partial charge in [0, 0.05) is 15.4 Å². The van der Waals surface area contributed by atoms with Crippen molar-refractivity contribution < 1.29 is 14.3 Å². The summed E-state index contributed by atoms with van der Waals surface area (Å²) in [4.78, 5) is 12.6. The van der Waals surface area contributed by atoms with Gasteiger partial charge in [0.05, 0.1) is 0 Å². The van der Waals surface area contributed by atoms with E-state index in [2.05, 4.69) is 58.7 Å². The third-order valence-electron chi connectivity index (χ3n) is 11.5. The summed E-state index contributed by atoms with van der Waals surface area (Å²) in [7, 11) is 0. The lowest BCUT2D eigenvalue weighted by Gasteiger charge is -2.58. The zero-order valence-electron chi connectivity index (χ0n) is 24.3. The number of halogens is 2. The van der Waals surface area contributed by atoms with Crippen LogP contribution in [-0.2, 0) is 4.74 Å². The number of unbranched alkanes of at least 4 members (excludes halogenated alkanes) is 5. The zero-order valence-corrected chi connectivity index (χ0v) is 27.5. The first kappa shape index (κ1) is 29.7. The van der Waals surface area contributed by atoms with Gasteiger partial charge in [-0.1, -0.05) is 70.9 Å². The van der Waals surface area contributed by atoms with Crippen LogP contribution in [0.15, 0.2) is 38.8 Å². The molecule has 7 unspecified atom stereocenters. The Morgan fingerprint density at radius 3 is 2.54 bits per heavy atom. The smallest absolute Gasteiger partial charge is 0.430 e. The first-order chi connectivity index (χ1) is 18.7. The van der Waals surface area contributed by atoms with E-state index in [-0.39, 0.29) is 11.5 Å². The van der Waals surface area contributed by atoms with Crippen molar-refractivity contribution in [3.63, 3.8) is 0 Å². The van der Waals surface area contributed by atoms with Gasteiger partial charge in [-0.05, 0) is 136 Å². The summed E-state index contributed by atoms with van der Waals surface area (Å²) in [5.41, 5.74) is 2.37. The molecule has 0 spiro atoms. The van der Waals surface area contributed by atoms with Crippen LogP contribution in [0.4, 0.5) is 4.79 Å². The summed E-state index contributed by atoms with van der Waals surface area (Å²) < 4.78 is 13.1. The molecule has 39 heavy (non-hydrogen) atoms. The minimum Gasteiger partial charge on any atom is -0.430 e. The average molecular weight is 665 g/mol. The second-order valence-electron chi connectivity index (χ2n) is 13.5. The molecule has 5 heteroatoms. The summed E-state index contributed by atoms with van der Waals surface area (Å²) >= 11 is 6.92. The normalized spacial score (nSPS) is 35.4. The number of carbonyl (C=O) groups is 1. The molecule has 1 aromatic rings. The molecule has 0 N–H and O–H groups in total. The fraction of sp³-hybridized carbons (Fsp3) is 0.735. The molecule has 1 aromatic carbocycles. The highest BCUT2D eigenvalue weighted by Gasteiger charge is 2.58. The van der Waals surface area contributed by atoms with Gasteiger partial charge in [-0.2, -0.15) is 0 Å². The molecule has 0 aromatic heterocycles. The number of carbonyl (C=O) groups excluding carboxylic acids is 1. The van der Waals surface area contributed by atoms with Gasteiger partial charge >= 0.3 is 6.16 Å². The summed E-state index contributed by atoms with van der Waals surface area (Å²) in [6.45, 7) is 7.51. The second kappa shape index (κ2) is 12.6. The number of benzene rings is 1. The lowest BCUT2D eigenvalue weighted by Crippen LogP contribution is -2.50. The maximum atomic E-state index is 12.6. The fourth-order valence-electron chi connectivity index (χ4n) is 9.28.